The smallest absolute Gasteiger partial charge is 0.109 e. The van der Waals surface area contributed by atoms with Crippen LogP contribution < -0.4 is 11.1 Å². The Morgan fingerprint density at radius 2 is 2.12 bits per heavy atom. The third kappa shape index (κ3) is 3.28. The second kappa shape index (κ2) is 5.80. The van der Waals surface area contributed by atoms with Gasteiger partial charge in [0, 0.05) is 23.8 Å². The zero-order valence-electron chi connectivity index (χ0n) is 9.89. The van der Waals surface area contributed by atoms with E-state index in [1.165, 1.54) is 5.56 Å². The topological polar surface area (TPSA) is 50.9 Å². The van der Waals surface area contributed by atoms with E-state index in [0.717, 1.165) is 23.7 Å². The van der Waals surface area contributed by atoms with E-state index in [0.29, 0.717) is 6.04 Å². The van der Waals surface area contributed by atoms with Crippen molar-refractivity contribution in [2.24, 2.45) is 0 Å². The molecule has 0 spiro atoms. The molecule has 0 fully saturated rings. The minimum atomic E-state index is 0.340. The van der Waals surface area contributed by atoms with E-state index in [-0.39, 0.29) is 0 Å². The maximum Gasteiger partial charge on any atom is 0.109 e. The third-order valence-corrected chi connectivity index (χ3v) is 3.58. The van der Waals surface area contributed by atoms with Gasteiger partial charge in [-0.1, -0.05) is 19.1 Å². The van der Waals surface area contributed by atoms with Gasteiger partial charge >= 0.3 is 0 Å². The molecule has 0 saturated carbocycles. The molecule has 1 aromatic heterocycles. The van der Waals surface area contributed by atoms with Gasteiger partial charge in [-0.2, -0.15) is 0 Å². The average Bonchev–Trinajstić information content (AvgIpc) is 2.86. The highest BCUT2D eigenvalue weighted by atomic mass is 32.1. The van der Waals surface area contributed by atoms with Crippen molar-refractivity contribution in [2.75, 3.05) is 5.73 Å². The number of hydrogen-bond acceptors (Lipinski definition) is 4. The van der Waals surface area contributed by atoms with Gasteiger partial charge < -0.3 is 11.1 Å². The van der Waals surface area contributed by atoms with Gasteiger partial charge in [0.1, 0.15) is 5.01 Å². The second-order valence-electron chi connectivity index (χ2n) is 3.95. The minimum absolute atomic E-state index is 0.340. The molecule has 0 saturated heterocycles. The fourth-order valence-corrected chi connectivity index (χ4v) is 2.49. The van der Waals surface area contributed by atoms with Crippen molar-refractivity contribution in [3.8, 4) is 0 Å². The molecule has 0 aliphatic heterocycles. The van der Waals surface area contributed by atoms with Gasteiger partial charge in [0.2, 0.25) is 0 Å². The van der Waals surface area contributed by atoms with Crippen LogP contribution in [0.2, 0.25) is 0 Å². The van der Waals surface area contributed by atoms with Gasteiger partial charge in [-0.15, -0.1) is 11.3 Å². The maximum atomic E-state index is 5.66. The van der Waals surface area contributed by atoms with Crippen LogP contribution in [0, 0.1) is 0 Å². The number of anilines is 1. The molecule has 17 heavy (non-hydrogen) atoms. The quantitative estimate of drug-likeness (QED) is 0.799. The molecule has 0 aliphatic rings. The van der Waals surface area contributed by atoms with E-state index in [9.17, 15) is 0 Å². The first-order valence-corrected chi connectivity index (χ1v) is 6.64. The molecule has 0 bridgehead atoms. The van der Waals surface area contributed by atoms with Crippen molar-refractivity contribution in [3.05, 3.63) is 46.4 Å². The van der Waals surface area contributed by atoms with E-state index in [4.69, 9.17) is 5.73 Å². The van der Waals surface area contributed by atoms with Gasteiger partial charge in [-0.05, 0) is 24.1 Å². The van der Waals surface area contributed by atoms with Gasteiger partial charge in [0.05, 0.1) is 6.04 Å². The summed E-state index contributed by atoms with van der Waals surface area (Å²) in [5.74, 6) is 0. The Kier molecular flexibility index (Phi) is 4.12. The Bertz CT molecular complexity index is 436. The van der Waals surface area contributed by atoms with Crippen molar-refractivity contribution in [2.45, 2.75) is 25.9 Å². The number of nitrogen functional groups attached to an aromatic ring is 1. The molecule has 0 amide bonds. The van der Waals surface area contributed by atoms with E-state index in [2.05, 4.69) is 29.4 Å². The number of nitrogens with zero attached hydrogens (tertiary/aromatic N) is 1. The van der Waals surface area contributed by atoms with Crippen molar-refractivity contribution in [3.63, 3.8) is 0 Å². The zero-order valence-corrected chi connectivity index (χ0v) is 10.7. The lowest BCUT2D eigenvalue weighted by molar-refractivity contribution is 0.516. The second-order valence-corrected chi connectivity index (χ2v) is 4.88. The lowest BCUT2D eigenvalue weighted by atomic mass is 10.2. The maximum absolute atomic E-state index is 5.66. The third-order valence-electron chi connectivity index (χ3n) is 2.69. The van der Waals surface area contributed by atoms with Crippen LogP contribution in [0.5, 0.6) is 0 Å². The van der Waals surface area contributed by atoms with Crippen molar-refractivity contribution < 1.29 is 0 Å². The molecule has 1 atom stereocenters. The summed E-state index contributed by atoms with van der Waals surface area (Å²) >= 11 is 1.70. The number of aromatic nitrogens is 1. The number of thiazole rings is 1. The monoisotopic (exact) mass is 247 g/mol. The summed E-state index contributed by atoms with van der Waals surface area (Å²) in [6.07, 6.45) is 2.90. The summed E-state index contributed by atoms with van der Waals surface area (Å²) < 4.78 is 0. The van der Waals surface area contributed by atoms with E-state index in [1.807, 2.05) is 23.7 Å². The zero-order chi connectivity index (χ0) is 12.1. The summed E-state index contributed by atoms with van der Waals surface area (Å²) in [6, 6.07) is 8.31. The molecular weight excluding hydrogens is 230 g/mol. The highest BCUT2D eigenvalue weighted by Crippen LogP contribution is 2.19. The first-order valence-electron chi connectivity index (χ1n) is 5.76. The van der Waals surface area contributed by atoms with E-state index < -0.39 is 0 Å². The Labute approximate surface area is 106 Å². The molecule has 0 aliphatic carbocycles. The molecule has 2 rings (SSSR count). The minimum Gasteiger partial charge on any atom is -0.399 e. The summed E-state index contributed by atoms with van der Waals surface area (Å²) in [6.45, 7) is 3.01. The van der Waals surface area contributed by atoms with Crippen LogP contribution in [0.1, 0.15) is 30.0 Å². The van der Waals surface area contributed by atoms with Gasteiger partial charge in [-0.25, -0.2) is 4.98 Å². The number of hydrogen-bond donors (Lipinski definition) is 2. The molecular formula is C13H17N3S. The van der Waals surface area contributed by atoms with E-state index >= 15 is 0 Å². The van der Waals surface area contributed by atoms with Crippen molar-refractivity contribution >= 4 is 17.0 Å². The highest BCUT2D eigenvalue weighted by molar-refractivity contribution is 7.09. The highest BCUT2D eigenvalue weighted by Gasteiger charge is 2.10. The first-order chi connectivity index (χ1) is 8.29. The van der Waals surface area contributed by atoms with Crippen LogP contribution in [0.4, 0.5) is 5.69 Å². The van der Waals surface area contributed by atoms with Crippen LogP contribution in [-0.4, -0.2) is 4.98 Å². The molecule has 0 radical (unpaired) electrons. The predicted octanol–water partition coefficient (Wildman–Crippen LogP) is 2.97. The average molecular weight is 247 g/mol. The summed E-state index contributed by atoms with van der Waals surface area (Å²) in [5.41, 5.74) is 7.71. The normalized spacial score (nSPS) is 12.5. The van der Waals surface area contributed by atoms with Crippen LogP contribution in [0.25, 0.3) is 0 Å². The number of rotatable bonds is 5. The molecule has 3 nitrogen and oxygen atoms in total. The number of nitrogens with two attached hydrogens (primary N) is 1. The predicted molar refractivity (Wildman–Crippen MR) is 72.8 cm³/mol. The Morgan fingerprint density at radius 1 is 1.35 bits per heavy atom. The van der Waals surface area contributed by atoms with Gasteiger partial charge in [-0.3, -0.25) is 0 Å². The van der Waals surface area contributed by atoms with Gasteiger partial charge in [0.25, 0.3) is 0 Å². The van der Waals surface area contributed by atoms with Crippen LogP contribution in [0.3, 0.4) is 0 Å². The SMILES string of the molecule is CCC(NCc1ccc(N)cc1)c1nccs1. The first kappa shape index (κ1) is 12.1. The van der Waals surface area contributed by atoms with Crippen LogP contribution in [-0.2, 0) is 6.54 Å². The summed E-state index contributed by atoms with van der Waals surface area (Å²) in [7, 11) is 0. The Balaban J connectivity index is 1.94. The largest absolute Gasteiger partial charge is 0.399 e. The van der Waals surface area contributed by atoms with E-state index in [1.54, 1.807) is 11.3 Å². The van der Waals surface area contributed by atoms with Crippen molar-refractivity contribution in [1.29, 1.82) is 0 Å². The van der Waals surface area contributed by atoms with Crippen LogP contribution in [0.15, 0.2) is 35.8 Å². The Morgan fingerprint density at radius 3 is 2.71 bits per heavy atom. The van der Waals surface area contributed by atoms with Gasteiger partial charge in [0.15, 0.2) is 0 Å². The van der Waals surface area contributed by atoms with Crippen molar-refractivity contribution in [1.82, 2.24) is 10.3 Å². The summed E-state index contributed by atoms with van der Waals surface area (Å²) in [4.78, 5) is 4.35. The molecule has 4 heteroatoms. The fourth-order valence-electron chi connectivity index (χ4n) is 1.69. The molecule has 90 valence electrons. The standard InChI is InChI=1S/C13H17N3S/c1-2-12(13-15-7-8-17-13)16-9-10-3-5-11(14)6-4-10/h3-8,12,16H,2,9,14H2,1H3. The number of benzene rings is 1. The summed E-state index contributed by atoms with van der Waals surface area (Å²) in [5, 5.41) is 6.69. The molecule has 1 aromatic carbocycles. The lowest BCUT2D eigenvalue weighted by Crippen LogP contribution is -2.20. The molecule has 2 aromatic rings. The fraction of sp³-hybridized carbons (Fsp3) is 0.308. The molecule has 1 heterocycles. The Hall–Kier alpha value is -1.39. The molecule has 3 N–H and O–H groups in total. The van der Waals surface area contributed by atoms with Crippen LogP contribution >= 0.6 is 11.3 Å². The molecule has 1 unspecified atom stereocenters. The lowest BCUT2D eigenvalue weighted by Gasteiger charge is -2.14. The number of nitrogens with one attached hydrogen (secondary N) is 1.